The first-order valence-electron chi connectivity index (χ1n) is 9.12. The van der Waals surface area contributed by atoms with Crippen LogP contribution in [0.5, 0.6) is 17.2 Å². The molecular weight excluding hydrogens is 404 g/mol. The second-order valence-electron chi connectivity index (χ2n) is 6.22. The lowest BCUT2D eigenvalue weighted by molar-refractivity contribution is 0.0954. The Labute approximate surface area is 180 Å². The molecule has 0 fully saturated rings. The van der Waals surface area contributed by atoms with Crippen LogP contribution in [0.25, 0.3) is 0 Å². The van der Waals surface area contributed by atoms with Crippen LogP contribution in [0.3, 0.4) is 0 Å². The van der Waals surface area contributed by atoms with Gasteiger partial charge in [0.1, 0.15) is 12.4 Å². The topological polar surface area (TPSA) is 69.2 Å². The molecule has 1 amide bonds. The Balaban J connectivity index is 1.55. The van der Waals surface area contributed by atoms with Gasteiger partial charge in [-0.15, -0.1) is 0 Å². The SMILES string of the molecule is COc1ccc(C(=O)N/N=C/c2ccc(OCc3ccccc3Cl)cc2)cc1OC. The molecule has 0 unspecified atom stereocenters. The van der Waals surface area contributed by atoms with Gasteiger partial charge in [-0.25, -0.2) is 5.43 Å². The molecule has 154 valence electrons. The summed E-state index contributed by atoms with van der Waals surface area (Å²) in [6, 6.07) is 19.8. The van der Waals surface area contributed by atoms with Crippen molar-refractivity contribution in [3.05, 3.63) is 88.4 Å². The third-order valence-electron chi connectivity index (χ3n) is 4.26. The largest absolute Gasteiger partial charge is 0.493 e. The Morgan fingerprint density at radius 3 is 2.43 bits per heavy atom. The average molecular weight is 425 g/mol. The molecule has 0 aliphatic heterocycles. The summed E-state index contributed by atoms with van der Waals surface area (Å²) in [4.78, 5) is 12.3. The molecular formula is C23H21ClN2O4. The molecule has 6 nitrogen and oxygen atoms in total. The molecule has 0 heterocycles. The van der Waals surface area contributed by atoms with Gasteiger partial charge in [-0.05, 0) is 54.1 Å². The van der Waals surface area contributed by atoms with Crippen molar-refractivity contribution in [3.8, 4) is 17.2 Å². The number of hydrazone groups is 1. The first-order valence-corrected chi connectivity index (χ1v) is 9.50. The summed E-state index contributed by atoms with van der Waals surface area (Å²) in [6.07, 6.45) is 1.55. The predicted molar refractivity (Wildman–Crippen MR) is 117 cm³/mol. The van der Waals surface area contributed by atoms with Crippen molar-refractivity contribution in [3.63, 3.8) is 0 Å². The lowest BCUT2D eigenvalue weighted by Gasteiger charge is -2.08. The number of methoxy groups -OCH3 is 2. The Hall–Kier alpha value is -3.51. The van der Waals surface area contributed by atoms with Crippen molar-refractivity contribution in [1.82, 2.24) is 5.43 Å². The Bertz CT molecular complexity index is 1040. The second kappa shape index (κ2) is 10.3. The van der Waals surface area contributed by atoms with Gasteiger partial charge in [0, 0.05) is 16.1 Å². The van der Waals surface area contributed by atoms with E-state index in [0.29, 0.717) is 34.4 Å². The van der Waals surface area contributed by atoms with Crippen LogP contribution in [0.15, 0.2) is 71.8 Å². The third kappa shape index (κ3) is 5.52. The van der Waals surface area contributed by atoms with Crippen molar-refractivity contribution in [2.75, 3.05) is 14.2 Å². The molecule has 0 aromatic heterocycles. The van der Waals surface area contributed by atoms with E-state index in [9.17, 15) is 4.79 Å². The number of nitrogens with one attached hydrogen (secondary N) is 1. The van der Waals surface area contributed by atoms with Crippen LogP contribution in [-0.4, -0.2) is 26.3 Å². The van der Waals surface area contributed by atoms with Gasteiger partial charge in [0.25, 0.3) is 5.91 Å². The monoisotopic (exact) mass is 424 g/mol. The normalized spacial score (nSPS) is 10.6. The Morgan fingerprint density at radius 1 is 1.00 bits per heavy atom. The fourth-order valence-corrected chi connectivity index (χ4v) is 2.82. The molecule has 0 radical (unpaired) electrons. The molecule has 0 bridgehead atoms. The molecule has 7 heteroatoms. The van der Waals surface area contributed by atoms with Crippen molar-refractivity contribution < 1.29 is 19.0 Å². The number of amides is 1. The summed E-state index contributed by atoms with van der Waals surface area (Å²) in [5.41, 5.74) is 4.63. The summed E-state index contributed by atoms with van der Waals surface area (Å²) in [5.74, 6) is 1.38. The minimum absolute atomic E-state index is 0.355. The highest BCUT2D eigenvalue weighted by Gasteiger charge is 2.10. The number of benzene rings is 3. The fraction of sp³-hybridized carbons (Fsp3) is 0.130. The van der Waals surface area contributed by atoms with Crippen LogP contribution in [0, 0.1) is 0 Å². The molecule has 0 aliphatic rings. The molecule has 3 aromatic carbocycles. The lowest BCUT2D eigenvalue weighted by Crippen LogP contribution is -2.17. The van der Waals surface area contributed by atoms with E-state index in [0.717, 1.165) is 11.1 Å². The van der Waals surface area contributed by atoms with Gasteiger partial charge in [0.05, 0.1) is 20.4 Å². The molecule has 0 atom stereocenters. The Kier molecular flexibility index (Phi) is 7.29. The quantitative estimate of drug-likeness (QED) is 0.420. The zero-order valence-electron chi connectivity index (χ0n) is 16.6. The van der Waals surface area contributed by atoms with Crippen LogP contribution in [0.2, 0.25) is 5.02 Å². The van der Waals surface area contributed by atoms with E-state index in [1.165, 1.54) is 14.2 Å². The van der Waals surface area contributed by atoms with E-state index < -0.39 is 0 Å². The summed E-state index contributed by atoms with van der Waals surface area (Å²) in [6.45, 7) is 0.383. The molecule has 0 saturated heterocycles. The number of hydrogen-bond acceptors (Lipinski definition) is 5. The van der Waals surface area contributed by atoms with Crippen molar-refractivity contribution in [1.29, 1.82) is 0 Å². The number of carbonyl (C=O) groups is 1. The second-order valence-corrected chi connectivity index (χ2v) is 6.63. The van der Waals surface area contributed by atoms with Gasteiger partial charge in [-0.1, -0.05) is 29.8 Å². The van der Waals surface area contributed by atoms with Crippen LogP contribution >= 0.6 is 11.6 Å². The first-order chi connectivity index (χ1) is 14.6. The number of halogens is 1. The molecule has 3 aromatic rings. The van der Waals surface area contributed by atoms with Gasteiger partial charge in [0.2, 0.25) is 0 Å². The van der Waals surface area contributed by atoms with Gasteiger partial charge < -0.3 is 14.2 Å². The van der Waals surface area contributed by atoms with Crippen LogP contribution in [0.4, 0.5) is 0 Å². The standard InChI is InChI=1S/C23H21ClN2O4/c1-28-21-12-9-17(13-22(21)29-2)23(27)26-25-14-16-7-10-19(11-8-16)30-15-18-5-3-4-6-20(18)24/h3-14H,15H2,1-2H3,(H,26,27)/b25-14+. The highest BCUT2D eigenvalue weighted by Crippen LogP contribution is 2.27. The maximum atomic E-state index is 12.3. The number of nitrogens with zero attached hydrogens (tertiary/aromatic N) is 1. The summed E-state index contributed by atoms with van der Waals surface area (Å²) in [5, 5.41) is 4.67. The molecule has 0 aliphatic carbocycles. The average Bonchev–Trinajstić information content (AvgIpc) is 2.78. The zero-order valence-corrected chi connectivity index (χ0v) is 17.3. The smallest absolute Gasteiger partial charge is 0.271 e. The molecule has 0 spiro atoms. The van der Waals surface area contributed by atoms with E-state index in [4.69, 9.17) is 25.8 Å². The molecule has 0 saturated carbocycles. The van der Waals surface area contributed by atoms with Gasteiger partial charge in [-0.3, -0.25) is 4.79 Å². The predicted octanol–water partition coefficient (Wildman–Crippen LogP) is 4.70. The maximum Gasteiger partial charge on any atom is 0.271 e. The summed E-state index contributed by atoms with van der Waals surface area (Å²) < 4.78 is 16.1. The lowest BCUT2D eigenvalue weighted by atomic mass is 10.2. The van der Waals surface area contributed by atoms with Crippen LogP contribution in [0.1, 0.15) is 21.5 Å². The maximum absolute atomic E-state index is 12.3. The highest BCUT2D eigenvalue weighted by molar-refractivity contribution is 6.31. The minimum atomic E-state index is -0.355. The molecule has 30 heavy (non-hydrogen) atoms. The van der Waals surface area contributed by atoms with Crippen LogP contribution in [-0.2, 0) is 6.61 Å². The van der Waals surface area contributed by atoms with Gasteiger partial charge >= 0.3 is 0 Å². The number of hydrogen-bond donors (Lipinski definition) is 1. The van der Waals surface area contributed by atoms with Crippen LogP contribution < -0.4 is 19.6 Å². The number of rotatable bonds is 8. The zero-order chi connectivity index (χ0) is 21.3. The molecule has 3 rings (SSSR count). The van der Waals surface area contributed by atoms with E-state index >= 15 is 0 Å². The third-order valence-corrected chi connectivity index (χ3v) is 4.63. The summed E-state index contributed by atoms with van der Waals surface area (Å²) >= 11 is 6.13. The van der Waals surface area contributed by atoms with E-state index in [1.54, 1.807) is 24.4 Å². The highest BCUT2D eigenvalue weighted by atomic mass is 35.5. The first kappa shape index (κ1) is 21.2. The van der Waals surface area contributed by atoms with E-state index in [-0.39, 0.29) is 5.91 Å². The van der Waals surface area contributed by atoms with Gasteiger partial charge in [-0.2, -0.15) is 5.10 Å². The van der Waals surface area contributed by atoms with Gasteiger partial charge in [0.15, 0.2) is 11.5 Å². The molecule has 1 N–H and O–H groups in total. The number of carbonyl (C=O) groups excluding carboxylic acids is 1. The van der Waals surface area contributed by atoms with E-state index in [2.05, 4.69) is 10.5 Å². The minimum Gasteiger partial charge on any atom is -0.493 e. The van der Waals surface area contributed by atoms with E-state index in [1.807, 2.05) is 48.5 Å². The number of ether oxygens (including phenoxy) is 3. The Morgan fingerprint density at radius 2 is 1.73 bits per heavy atom. The van der Waals surface area contributed by atoms with Crippen molar-refractivity contribution in [2.24, 2.45) is 5.10 Å². The summed E-state index contributed by atoms with van der Waals surface area (Å²) in [7, 11) is 3.05. The fourth-order valence-electron chi connectivity index (χ4n) is 2.63. The van der Waals surface area contributed by atoms with Crippen molar-refractivity contribution in [2.45, 2.75) is 6.61 Å². The van der Waals surface area contributed by atoms with Crippen molar-refractivity contribution >= 4 is 23.7 Å².